The second kappa shape index (κ2) is 11.8. The first-order valence-corrected chi connectivity index (χ1v) is 11.4. The summed E-state index contributed by atoms with van der Waals surface area (Å²) >= 11 is 0. The first-order chi connectivity index (χ1) is 18.0. The van der Waals surface area contributed by atoms with E-state index in [4.69, 9.17) is 9.47 Å². The molecule has 0 atom stereocenters. The van der Waals surface area contributed by atoms with Crippen LogP contribution in [0.3, 0.4) is 0 Å². The molecule has 4 aromatic carbocycles. The summed E-state index contributed by atoms with van der Waals surface area (Å²) in [7, 11) is 1.46. The van der Waals surface area contributed by atoms with E-state index in [1.807, 2.05) is 30.3 Å². The maximum Gasteiger partial charge on any atom is 0.256 e. The van der Waals surface area contributed by atoms with Crippen LogP contribution in [0.25, 0.3) is 0 Å². The van der Waals surface area contributed by atoms with E-state index in [1.54, 1.807) is 18.2 Å². The van der Waals surface area contributed by atoms with Crippen molar-refractivity contribution in [2.45, 2.75) is 12.8 Å². The molecule has 0 bridgehead atoms. The van der Waals surface area contributed by atoms with E-state index < -0.39 is 29.6 Å². The van der Waals surface area contributed by atoms with Crippen molar-refractivity contribution in [3.8, 4) is 11.5 Å². The lowest BCUT2D eigenvalue weighted by atomic mass is 10.1. The maximum atomic E-state index is 14.2. The monoisotopic (exact) mass is 502 g/mol. The number of carbonyl (C=O) groups excluding carboxylic acids is 2. The van der Waals surface area contributed by atoms with Gasteiger partial charge in [0.05, 0.1) is 18.2 Å². The molecule has 0 aromatic heterocycles. The Hall–Kier alpha value is -4.72. The molecule has 2 amide bonds. The third-order valence-electron chi connectivity index (χ3n) is 5.55. The molecule has 2 N–H and O–H groups in total. The Labute approximate surface area is 212 Å². The van der Waals surface area contributed by atoms with Crippen LogP contribution in [-0.4, -0.2) is 18.9 Å². The molecule has 188 valence electrons. The number of benzene rings is 4. The molecule has 0 unspecified atom stereocenters. The molecule has 0 heterocycles. The Morgan fingerprint density at radius 3 is 1.81 bits per heavy atom. The van der Waals surface area contributed by atoms with E-state index in [1.165, 1.54) is 43.5 Å². The number of hydrogen-bond donors (Lipinski definition) is 2. The van der Waals surface area contributed by atoms with Crippen LogP contribution in [0, 0.1) is 11.6 Å². The number of halogens is 2. The van der Waals surface area contributed by atoms with Gasteiger partial charge < -0.3 is 20.1 Å². The number of rotatable bonds is 9. The number of amides is 2. The summed E-state index contributed by atoms with van der Waals surface area (Å²) in [6, 6.07) is 25.3. The first kappa shape index (κ1) is 25.4. The second-order valence-corrected chi connectivity index (χ2v) is 8.02. The van der Waals surface area contributed by atoms with Gasteiger partial charge in [0, 0.05) is 0 Å². The number of carbonyl (C=O) groups is 2. The third kappa shape index (κ3) is 6.29. The number of methoxy groups -OCH3 is 1. The summed E-state index contributed by atoms with van der Waals surface area (Å²) in [6.45, 7) is 0.300. The lowest BCUT2D eigenvalue weighted by Gasteiger charge is -2.22. The molecule has 0 aliphatic carbocycles. The molecule has 37 heavy (non-hydrogen) atoms. The third-order valence-corrected chi connectivity index (χ3v) is 5.55. The van der Waals surface area contributed by atoms with Crippen molar-refractivity contribution in [3.05, 3.63) is 131 Å². The van der Waals surface area contributed by atoms with Crippen LogP contribution in [0.1, 0.15) is 38.0 Å². The molecule has 0 saturated carbocycles. The SMILES string of the molecule is COc1cc(C(NC(=O)c2ccccc2F)NC(=O)c2ccccc2F)ccc1OCc1ccccc1. The van der Waals surface area contributed by atoms with Crippen molar-refractivity contribution in [1.29, 1.82) is 0 Å². The fourth-order valence-corrected chi connectivity index (χ4v) is 3.63. The highest BCUT2D eigenvalue weighted by Crippen LogP contribution is 2.31. The molecule has 4 rings (SSSR count). The summed E-state index contributed by atoms with van der Waals surface area (Å²) in [5, 5.41) is 5.22. The second-order valence-electron chi connectivity index (χ2n) is 8.02. The Morgan fingerprint density at radius 2 is 1.27 bits per heavy atom. The van der Waals surface area contributed by atoms with Crippen molar-refractivity contribution in [2.24, 2.45) is 0 Å². The molecular formula is C29H24F2N2O4. The largest absolute Gasteiger partial charge is 0.493 e. The van der Waals surface area contributed by atoms with Gasteiger partial charge in [-0.1, -0.05) is 60.7 Å². The highest BCUT2D eigenvalue weighted by molar-refractivity contribution is 5.97. The summed E-state index contributed by atoms with van der Waals surface area (Å²) in [4.78, 5) is 25.8. The zero-order valence-corrected chi connectivity index (χ0v) is 19.9. The lowest BCUT2D eigenvalue weighted by Crippen LogP contribution is -2.41. The van der Waals surface area contributed by atoms with Crippen LogP contribution in [0.2, 0.25) is 0 Å². The maximum absolute atomic E-state index is 14.2. The van der Waals surface area contributed by atoms with Gasteiger partial charge in [-0.25, -0.2) is 8.78 Å². The van der Waals surface area contributed by atoms with Crippen molar-refractivity contribution in [3.63, 3.8) is 0 Å². The highest BCUT2D eigenvalue weighted by atomic mass is 19.1. The van der Waals surface area contributed by atoms with Crippen molar-refractivity contribution >= 4 is 11.8 Å². The standard InChI is InChI=1S/C29H24F2N2O4/c1-36-26-17-20(15-16-25(26)37-18-19-9-3-2-4-10-19)27(32-28(34)21-11-5-7-13-23(21)30)33-29(35)22-12-6-8-14-24(22)31/h2-17,27H,18H2,1H3,(H,32,34)(H,33,35). The predicted molar refractivity (Wildman–Crippen MR) is 134 cm³/mol. The minimum atomic E-state index is -1.14. The summed E-state index contributed by atoms with van der Waals surface area (Å²) in [6.07, 6.45) is -1.14. The molecule has 8 heteroatoms. The Balaban J connectivity index is 1.62. The van der Waals surface area contributed by atoms with Gasteiger partial charge in [-0.3, -0.25) is 9.59 Å². The van der Waals surface area contributed by atoms with E-state index in [0.29, 0.717) is 23.7 Å². The smallest absolute Gasteiger partial charge is 0.256 e. The van der Waals surface area contributed by atoms with E-state index in [-0.39, 0.29) is 11.1 Å². The molecule has 0 fully saturated rings. The predicted octanol–water partition coefficient (Wildman–Crippen LogP) is 5.41. The van der Waals surface area contributed by atoms with E-state index in [9.17, 15) is 18.4 Å². The van der Waals surface area contributed by atoms with E-state index in [0.717, 1.165) is 17.7 Å². The minimum Gasteiger partial charge on any atom is -0.493 e. The lowest BCUT2D eigenvalue weighted by molar-refractivity contribution is 0.0879. The minimum absolute atomic E-state index is 0.206. The van der Waals surface area contributed by atoms with Crippen LogP contribution in [0.4, 0.5) is 8.78 Å². The zero-order chi connectivity index (χ0) is 26.2. The molecule has 0 saturated heterocycles. The molecular weight excluding hydrogens is 478 g/mol. The fourth-order valence-electron chi connectivity index (χ4n) is 3.63. The molecule has 4 aromatic rings. The van der Waals surface area contributed by atoms with Crippen molar-refractivity contribution < 1.29 is 27.8 Å². The highest BCUT2D eigenvalue weighted by Gasteiger charge is 2.23. The normalized spacial score (nSPS) is 10.6. The van der Waals surface area contributed by atoms with Gasteiger partial charge in [0.25, 0.3) is 11.8 Å². The van der Waals surface area contributed by atoms with Crippen LogP contribution >= 0.6 is 0 Å². The van der Waals surface area contributed by atoms with Gasteiger partial charge in [0.1, 0.15) is 24.4 Å². The van der Waals surface area contributed by atoms with Crippen LogP contribution in [0.15, 0.2) is 97.1 Å². The van der Waals surface area contributed by atoms with Gasteiger partial charge in [-0.15, -0.1) is 0 Å². The summed E-state index contributed by atoms with van der Waals surface area (Å²) < 4.78 is 39.8. The topological polar surface area (TPSA) is 76.7 Å². The van der Waals surface area contributed by atoms with Crippen LogP contribution in [-0.2, 0) is 6.61 Å². The number of nitrogens with one attached hydrogen (secondary N) is 2. The molecule has 0 spiro atoms. The summed E-state index contributed by atoms with van der Waals surface area (Å²) in [5.74, 6) is -2.18. The zero-order valence-electron chi connectivity index (χ0n) is 19.9. The average molecular weight is 503 g/mol. The van der Waals surface area contributed by atoms with Gasteiger partial charge >= 0.3 is 0 Å². The van der Waals surface area contributed by atoms with E-state index in [2.05, 4.69) is 10.6 Å². The van der Waals surface area contributed by atoms with Gasteiger partial charge in [0.2, 0.25) is 0 Å². The van der Waals surface area contributed by atoms with E-state index >= 15 is 0 Å². The summed E-state index contributed by atoms with van der Waals surface area (Å²) in [5.41, 5.74) is 0.948. The fraction of sp³-hybridized carbons (Fsp3) is 0.103. The number of hydrogen-bond acceptors (Lipinski definition) is 4. The molecule has 0 radical (unpaired) electrons. The Morgan fingerprint density at radius 1 is 0.730 bits per heavy atom. The average Bonchev–Trinajstić information content (AvgIpc) is 2.92. The number of ether oxygens (including phenoxy) is 2. The van der Waals surface area contributed by atoms with Crippen LogP contribution < -0.4 is 20.1 Å². The van der Waals surface area contributed by atoms with Gasteiger partial charge in [-0.05, 0) is 47.5 Å². The molecule has 0 aliphatic heterocycles. The Bertz CT molecular complexity index is 1340. The van der Waals surface area contributed by atoms with Crippen LogP contribution in [0.5, 0.6) is 11.5 Å². The Kier molecular flexibility index (Phi) is 8.10. The quantitative estimate of drug-likeness (QED) is 0.300. The molecule has 6 nitrogen and oxygen atoms in total. The van der Waals surface area contributed by atoms with Crippen molar-refractivity contribution in [2.75, 3.05) is 7.11 Å². The first-order valence-electron chi connectivity index (χ1n) is 11.4. The van der Waals surface area contributed by atoms with Gasteiger partial charge in [-0.2, -0.15) is 0 Å². The van der Waals surface area contributed by atoms with Crippen molar-refractivity contribution in [1.82, 2.24) is 10.6 Å². The van der Waals surface area contributed by atoms with Gasteiger partial charge in [0.15, 0.2) is 11.5 Å². The molecule has 0 aliphatic rings.